The molecule has 0 bridgehead atoms. The van der Waals surface area contributed by atoms with Crippen LogP contribution in [0.25, 0.3) is 0 Å². The van der Waals surface area contributed by atoms with Crippen LogP contribution in [0.4, 0.5) is 10.1 Å². The predicted octanol–water partition coefficient (Wildman–Crippen LogP) is 2.58. The molecule has 6 nitrogen and oxygen atoms in total. The van der Waals surface area contributed by atoms with E-state index in [-0.39, 0.29) is 11.5 Å². The van der Waals surface area contributed by atoms with Crippen molar-refractivity contribution >= 4 is 23.2 Å². The van der Waals surface area contributed by atoms with Gasteiger partial charge >= 0.3 is 0 Å². The zero-order chi connectivity index (χ0) is 22.9. The first-order valence-corrected chi connectivity index (χ1v) is 10.9. The summed E-state index contributed by atoms with van der Waals surface area (Å²) in [5, 5.41) is 2.71. The predicted molar refractivity (Wildman–Crippen MR) is 125 cm³/mol. The minimum atomic E-state index is -1.20. The van der Waals surface area contributed by atoms with Crippen molar-refractivity contribution in [1.29, 1.82) is 0 Å². The molecule has 2 atom stereocenters. The number of hydrogen-bond acceptors (Lipinski definition) is 4. The molecule has 3 N–H and O–H groups in total. The van der Waals surface area contributed by atoms with E-state index in [1.165, 1.54) is 6.07 Å². The van der Waals surface area contributed by atoms with Gasteiger partial charge in [-0.3, -0.25) is 9.59 Å². The number of carbonyl (C=O) groups is 2. The molecular weight excluding hydrogens is 419 g/mol. The van der Waals surface area contributed by atoms with Gasteiger partial charge in [0.15, 0.2) is 0 Å². The normalized spacial score (nSPS) is 17.8. The summed E-state index contributed by atoms with van der Waals surface area (Å²) in [6.07, 6.45) is -0.188. The van der Waals surface area contributed by atoms with Gasteiger partial charge in [-0.25, -0.2) is 9.38 Å². The Hall–Kier alpha value is -3.84. The van der Waals surface area contributed by atoms with E-state index in [9.17, 15) is 14.0 Å². The Balaban J connectivity index is 1.51. The average Bonchev–Trinajstić information content (AvgIpc) is 3.22. The zero-order valence-electron chi connectivity index (χ0n) is 17.9. The third-order valence-corrected chi connectivity index (χ3v) is 6.05. The van der Waals surface area contributed by atoms with E-state index in [1.807, 2.05) is 48.5 Å². The van der Waals surface area contributed by atoms with Gasteiger partial charge in [-0.15, -0.1) is 0 Å². The average molecular weight is 442 g/mol. The number of nitrogens with zero attached hydrogens (tertiary/aromatic N) is 2. The van der Waals surface area contributed by atoms with Gasteiger partial charge in [-0.2, -0.15) is 0 Å². The zero-order valence-corrected chi connectivity index (χ0v) is 17.9. The summed E-state index contributed by atoms with van der Waals surface area (Å²) in [5.74, 6) is -1.29. The fourth-order valence-corrected chi connectivity index (χ4v) is 4.43. The number of nitrogens with one attached hydrogen (secondary N) is 1. The highest BCUT2D eigenvalue weighted by atomic mass is 19.1. The smallest absolute Gasteiger partial charge is 0.272 e. The molecule has 0 radical (unpaired) electrons. The van der Waals surface area contributed by atoms with Crippen LogP contribution in [-0.2, 0) is 22.4 Å². The Labute approximate surface area is 190 Å². The molecular formula is C26H23FN4O2. The molecule has 0 unspecified atom stereocenters. The molecule has 166 valence electrons. The molecule has 5 rings (SSSR count). The first-order chi connectivity index (χ1) is 16.0. The van der Waals surface area contributed by atoms with Crippen molar-refractivity contribution < 1.29 is 14.0 Å². The van der Waals surface area contributed by atoms with E-state index >= 15 is 0 Å². The number of carbonyl (C=O) groups excluding carboxylic acids is 2. The summed E-state index contributed by atoms with van der Waals surface area (Å²) in [6.45, 7) is 0.480. The lowest BCUT2D eigenvalue weighted by molar-refractivity contribution is -0.128. The van der Waals surface area contributed by atoms with Crippen molar-refractivity contribution in [2.45, 2.75) is 25.0 Å². The van der Waals surface area contributed by atoms with Crippen LogP contribution < -0.4 is 16.0 Å². The molecule has 2 aliphatic heterocycles. The lowest BCUT2D eigenvalue weighted by atomic mass is 9.98. The molecule has 0 aliphatic carbocycles. The maximum Gasteiger partial charge on any atom is 0.272 e. The molecule has 2 aliphatic rings. The van der Waals surface area contributed by atoms with Crippen molar-refractivity contribution in [1.82, 2.24) is 5.32 Å². The molecule has 2 heterocycles. The Bertz CT molecular complexity index is 1260. The maximum absolute atomic E-state index is 14.8. The SMILES string of the molecule is N[C@@H](Cc1ccccc1)C(=O)N[C@H]1N=C(c2ccccc2F)c2cccc3c2N(CC3)C1=O. The van der Waals surface area contributed by atoms with Crippen molar-refractivity contribution in [2.75, 3.05) is 11.4 Å². The minimum Gasteiger partial charge on any atom is -0.325 e. The minimum absolute atomic E-state index is 0.278. The monoisotopic (exact) mass is 442 g/mol. The van der Waals surface area contributed by atoms with Gasteiger partial charge in [-0.1, -0.05) is 60.7 Å². The Kier molecular flexibility index (Phi) is 5.48. The molecule has 0 aromatic heterocycles. The van der Waals surface area contributed by atoms with Gasteiger partial charge in [0.1, 0.15) is 5.82 Å². The molecule has 3 aromatic rings. The van der Waals surface area contributed by atoms with Gasteiger partial charge in [0.25, 0.3) is 5.91 Å². The van der Waals surface area contributed by atoms with E-state index in [2.05, 4.69) is 10.3 Å². The lowest BCUT2D eigenvalue weighted by Crippen LogP contribution is -2.52. The van der Waals surface area contributed by atoms with Crippen LogP contribution in [0.2, 0.25) is 0 Å². The van der Waals surface area contributed by atoms with Gasteiger partial charge in [0, 0.05) is 17.7 Å². The number of benzene rings is 3. The molecule has 33 heavy (non-hydrogen) atoms. The van der Waals surface area contributed by atoms with Gasteiger partial charge in [-0.05, 0) is 36.1 Å². The number of aliphatic imine (C=N–C) groups is 1. The topological polar surface area (TPSA) is 87.8 Å². The number of nitrogens with two attached hydrogens (primary N) is 1. The number of anilines is 1. The largest absolute Gasteiger partial charge is 0.325 e. The van der Waals surface area contributed by atoms with Crippen molar-refractivity contribution in [2.24, 2.45) is 10.7 Å². The summed E-state index contributed by atoms with van der Waals surface area (Å²) in [7, 11) is 0. The second kappa shape index (κ2) is 8.60. The summed E-state index contributed by atoms with van der Waals surface area (Å²) in [4.78, 5) is 32.6. The summed E-state index contributed by atoms with van der Waals surface area (Å²) < 4.78 is 14.8. The summed E-state index contributed by atoms with van der Waals surface area (Å²) in [5.41, 5.74) is 10.1. The van der Waals surface area contributed by atoms with E-state index in [1.54, 1.807) is 23.1 Å². The Morgan fingerprint density at radius 1 is 1.06 bits per heavy atom. The number of halogens is 1. The first kappa shape index (κ1) is 21.0. The summed E-state index contributed by atoms with van der Waals surface area (Å²) >= 11 is 0. The fraction of sp³-hybridized carbons (Fsp3) is 0.192. The van der Waals surface area contributed by atoms with E-state index in [0.29, 0.717) is 30.7 Å². The van der Waals surface area contributed by atoms with Gasteiger partial charge < -0.3 is 16.0 Å². The molecule has 0 saturated carbocycles. The van der Waals surface area contributed by atoms with Crippen LogP contribution in [0.15, 0.2) is 77.8 Å². The third kappa shape index (κ3) is 3.91. The quantitative estimate of drug-likeness (QED) is 0.637. The fourth-order valence-electron chi connectivity index (χ4n) is 4.43. The Morgan fingerprint density at radius 2 is 1.79 bits per heavy atom. The lowest BCUT2D eigenvalue weighted by Gasteiger charge is -2.22. The van der Waals surface area contributed by atoms with Crippen molar-refractivity contribution in [3.63, 3.8) is 0 Å². The molecule has 0 fully saturated rings. The molecule has 7 heteroatoms. The van der Waals surface area contributed by atoms with Crippen LogP contribution in [0.1, 0.15) is 22.3 Å². The van der Waals surface area contributed by atoms with Crippen molar-refractivity contribution in [3.8, 4) is 0 Å². The highest BCUT2D eigenvalue weighted by molar-refractivity contribution is 6.21. The Morgan fingerprint density at radius 3 is 2.58 bits per heavy atom. The standard InChI is InChI=1S/C26H23FN4O2/c27-20-12-5-4-10-18(20)22-19-11-6-9-17-13-14-31(23(17)19)26(33)24(29-22)30-25(32)21(28)15-16-7-2-1-3-8-16/h1-12,21,24H,13-15,28H2,(H,30,32)/t21-,24+/m0/s1. The second-order valence-electron chi connectivity index (χ2n) is 8.22. The van der Waals surface area contributed by atoms with E-state index in [0.717, 1.165) is 16.8 Å². The van der Waals surface area contributed by atoms with Gasteiger partial charge in [0.2, 0.25) is 12.1 Å². The van der Waals surface area contributed by atoms with E-state index < -0.39 is 23.9 Å². The van der Waals surface area contributed by atoms with Crippen LogP contribution in [0.5, 0.6) is 0 Å². The third-order valence-electron chi connectivity index (χ3n) is 6.05. The van der Waals surface area contributed by atoms with Crippen LogP contribution >= 0.6 is 0 Å². The molecule has 0 spiro atoms. The van der Waals surface area contributed by atoms with Crippen LogP contribution in [0, 0.1) is 5.82 Å². The number of amides is 2. The van der Waals surface area contributed by atoms with Crippen LogP contribution in [-0.4, -0.2) is 36.3 Å². The number of para-hydroxylation sites is 1. The molecule has 2 amide bonds. The highest BCUT2D eigenvalue weighted by Crippen LogP contribution is 2.36. The molecule has 0 saturated heterocycles. The van der Waals surface area contributed by atoms with Gasteiger partial charge in [0.05, 0.1) is 17.4 Å². The maximum atomic E-state index is 14.8. The van der Waals surface area contributed by atoms with Crippen molar-refractivity contribution in [3.05, 3.63) is 101 Å². The number of hydrogen-bond donors (Lipinski definition) is 2. The molecule has 3 aromatic carbocycles. The second-order valence-corrected chi connectivity index (χ2v) is 8.22. The highest BCUT2D eigenvalue weighted by Gasteiger charge is 2.37. The van der Waals surface area contributed by atoms with E-state index in [4.69, 9.17) is 5.73 Å². The first-order valence-electron chi connectivity index (χ1n) is 10.9. The summed E-state index contributed by atoms with van der Waals surface area (Å²) in [6, 6.07) is 20.5. The van der Waals surface area contributed by atoms with Crippen LogP contribution in [0.3, 0.4) is 0 Å². The number of rotatable bonds is 5.